The van der Waals surface area contributed by atoms with Gasteiger partial charge in [-0.2, -0.15) is 0 Å². The summed E-state index contributed by atoms with van der Waals surface area (Å²) in [5.74, 6) is 1.88. The number of halogens is 1. The second kappa shape index (κ2) is 6.18. The number of hydrogen-bond acceptors (Lipinski definition) is 2. The normalized spacial score (nSPS) is 25.9. The minimum atomic E-state index is 0.915. The summed E-state index contributed by atoms with van der Waals surface area (Å²) in [5.41, 5.74) is 1.40. The minimum Gasteiger partial charge on any atom is -0.312 e. The van der Waals surface area contributed by atoms with Gasteiger partial charge in [-0.1, -0.05) is 19.8 Å². The van der Waals surface area contributed by atoms with Crippen LogP contribution in [-0.4, -0.2) is 6.54 Å². The first-order chi connectivity index (χ1) is 7.74. The molecule has 90 valence electrons. The fraction of sp³-hybridized carbons (Fsp3) is 0.692. The molecule has 0 aromatic carbocycles. The van der Waals surface area contributed by atoms with E-state index in [1.54, 1.807) is 11.3 Å². The maximum absolute atomic E-state index is 3.59. The molecule has 1 aliphatic carbocycles. The van der Waals surface area contributed by atoms with Gasteiger partial charge in [-0.15, -0.1) is 11.3 Å². The standard InChI is InChI=1S/C13H20BrNS/c1-10-2-4-11(5-3-10)7-15-8-12-6-13(14)16-9-12/h6,9-11,15H,2-5,7-8H2,1H3. The molecule has 1 aromatic rings. The highest BCUT2D eigenvalue weighted by Gasteiger charge is 2.17. The maximum Gasteiger partial charge on any atom is 0.0701 e. The van der Waals surface area contributed by atoms with E-state index in [1.807, 2.05) is 0 Å². The van der Waals surface area contributed by atoms with Crippen LogP contribution in [0.25, 0.3) is 0 Å². The molecular formula is C13H20BrNS. The molecule has 1 aromatic heterocycles. The summed E-state index contributed by atoms with van der Waals surface area (Å²) in [6.07, 6.45) is 5.69. The molecule has 16 heavy (non-hydrogen) atoms. The summed E-state index contributed by atoms with van der Waals surface area (Å²) in [4.78, 5) is 0. The Morgan fingerprint density at radius 2 is 2.12 bits per heavy atom. The topological polar surface area (TPSA) is 12.0 Å². The van der Waals surface area contributed by atoms with Gasteiger partial charge in [-0.05, 0) is 64.2 Å². The van der Waals surface area contributed by atoms with Crippen molar-refractivity contribution in [1.29, 1.82) is 0 Å². The van der Waals surface area contributed by atoms with E-state index in [0.717, 1.165) is 18.4 Å². The van der Waals surface area contributed by atoms with E-state index >= 15 is 0 Å². The monoisotopic (exact) mass is 301 g/mol. The van der Waals surface area contributed by atoms with Gasteiger partial charge in [0.1, 0.15) is 0 Å². The lowest BCUT2D eigenvalue weighted by molar-refractivity contribution is 0.281. The zero-order chi connectivity index (χ0) is 11.4. The number of nitrogens with one attached hydrogen (secondary N) is 1. The van der Waals surface area contributed by atoms with Gasteiger partial charge < -0.3 is 5.32 Å². The van der Waals surface area contributed by atoms with Crippen molar-refractivity contribution in [1.82, 2.24) is 5.32 Å². The van der Waals surface area contributed by atoms with Crippen LogP contribution in [0.1, 0.15) is 38.2 Å². The highest BCUT2D eigenvalue weighted by atomic mass is 79.9. The van der Waals surface area contributed by atoms with Crippen LogP contribution < -0.4 is 5.32 Å². The van der Waals surface area contributed by atoms with E-state index < -0.39 is 0 Å². The van der Waals surface area contributed by atoms with Crippen molar-refractivity contribution in [2.45, 2.75) is 39.2 Å². The van der Waals surface area contributed by atoms with Crippen molar-refractivity contribution < 1.29 is 0 Å². The third-order valence-corrected chi connectivity index (χ3v) is 5.07. The van der Waals surface area contributed by atoms with Gasteiger partial charge in [0.15, 0.2) is 0 Å². The van der Waals surface area contributed by atoms with Crippen molar-refractivity contribution in [3.05, 3.63) is 20.8 Å². The van der Waals surface area contributed by atoms with Crippen molar-refractivity contribution >= 4 is 27.3 Å². The molecule has 1 heterocycles. The molecule has 0 amide bonds. The molecule has 0 bridgehead atoms. The molecule has 2 rings (SSSR count). The molecule has 0 atom stereocenters. The Hall–Kier alpha value is 0.140. The van der Waals surface area contributed by atoms with E-state index in [-0.39, 0.29) is 0 Å². The second-order valence-electron chi connectivity index (χ2n) is 5.02. The summed E-state index contributed by atoms with van der Waals surface area (Å²) in [6.45, 7) is 4.60. The fourth-order valence-electron chi connectivity index (χ4n) is 2.39. The first-order valence-corrected chi connectivity index (χ1v) is 7.85. The molecule has 1 aliphatic rings. The van der Waals surface area contributed by atoms with Crippen molar-refractivity contribution in [3.8, 4) is 0 Å². The summed E-state index contributed by atoms with van der Waals surface area (Å²) in [6, 6.07) is 2.21. The molecule has 0 spiro atoms. The third kappa shape index (κ3) is 3.86. The van der Waals surface area contributed by atoms with Crippen LogP contribution in [0.3, 0.4) is 0 Å². The number of hydrogen-bond donors (Lipinski definition) is 1. The molecule has 0 saturated heterocycles. The van der Waals surface area contributed by atoms with E-state index in [9.17, 15) is 0 Å². The van der Waals surface area contributed by atoms with Gasteiger partial charge in [-0.25, -0.2) is 0 Å². The van der Waals surface area contributed by atoms with E-state index in [1.165, 1.54) is 41.6 Å². The molecule has 3 heteroatoms. The minimum absolute atomic E-state index is 0.915. The van der Waals surface area contributed by atoms with Crippen LogP contribution >= 0.6 is 27.3 Å². The van der Waals surface area contributed by atoms with Gasteiger partial charge in [0.2, 0.25) is 0 Å². The average molecular weight is 302 g/mol. The van der Waals surface area contributed by atoms with Gasteiger partial charge in [0, 0.05) is 6.54 Å². The maximum atomic E-state index is 3.59. The lowest BCUT2D eigenvalue weighted by Crippen LogP contribution is -2.25. The Morgan fingerprint density at radius 1 is 1.38 bits per heavy atom. The molecule has 0 unspecified atom stereocenters. The fourth-order valence-corrected chi connectivity index (χ4v) is 3.60. The predicted molar refractivity (Wildman–Crippen MR) is 74.8 cm³/mol. The first-order valence-electron chi connectivity index (χ1n) is 6.17. The Morgan fingerprint density at radius 3 is 2.75 bits per heavy atom. The van der Waals surface area contributed by atoms with E-state index in [0.29, 0.717) is 0 Å². The van der Waals surface area contributed by atoms with Crippen LogP contribution in [-0.2, 0) is 6.54 Å². The van der Waals surface area contributed by atoms with E-state index in [4.69, 9.17) is 0 Å². The summed E-state index contributed by atoms with van der Waals surface area (Å²) in [7, 11) is 0. The highest BCUT2D eigenvalue weighted by molar-refractivity contribution is 9.11. The Bertz CT molecular complexity index is 315. The summed E-state index contributed by atoms with van der Waals surface area (Å²) >= 11 is 5.27. The zero-order valence-corrected chi connectivity index (χ0v) is 12.2. The molecule has 1 fully saturated rings. The smallest absolute Gasteiger partial charge is 0.0701 e. The van der Waals surface area contributed by atoms with Crippen LogP contribution in [0.5, 0.6) is 0 Å². The van der Waals surface area contributed by atoms with Crippen molar-refractivity contribution in [3.63, 3.8) is 0 Å². The van der Waals surface area contributed by atoms with Crippen LogP contribution in [0.4, 0.5) is 0 Å². The summed E-state index contributed by atoms with van der Waals surface area (Å²) < 4.78 is 1.23. The van der Waals surface area contributed by atoms with Crippen molar-refractivity contribution in [2.24, 2.45) is 11.8 Å². The second-order valence-corrected chi connectivity index (χ2v) is 7.31. The SMILES string of the molecule is CC1CCC(CNCc2csc(Br)c2)CC1. The Balaban J connectivity index is 1.64. The molecule has 1 nitrogen and oxygen atoms in total. The molecular weight excluding hydrogens is 282 g/mol. The third-order valence-electron chi connectivity index (χ3n) is 3.52. The predicted octanol–water partition coefficient (Wildman–Crippen LogP) is 4.43. The molecule has 0 aliphatic heterocycles. The first kappa shape index (κ1) is 12.6. The lowest BCUT2D eigenvalue weighted by Gasteiger charge is -2.26. The summed E-state index contributed by atoms with van der Waals surface area (Å²) in [5, 5.41) is 5.81. The van der Waals surface area contributed by atoms with Gasteiger partial charge in [0.25, 0.3) is 0 Å². The van der Waals surface area contributed by atoms with Crippen molar-refractivity contribution in [2.75, 3.05) is 6.54 Å². The number of thiophene rings is 1. The Labute approximate surface area is 111 Å². The molecule has 0 radical (unpaired) electrons. The largest absolute Gasteiger partial charge is 0.312 e. The lowest BCUT2D eigenvalue weighted by atomic mass is 9.83. The van der Waals surface area contributed by atoms with Crippen LogP contribution in [0.2, 0.25) is 0 Å². The molecule has 1 N–H and O–H groups in total. The quantitative estimate of drug-likeness (QED) is 0.868. The zero-order valence-electron chi connectivity index (χ0n) is 9.84. The van der Waals surface area contributed by atoms with Gasteiger partial charge >= 0.3 is 0 Å². The average Bonchev–Trinajstić information content (AvgIpc) is 2.67. The highest BCUT2D eigenvalue weighted by Crippen LogP contribution is 2.27. The Kier molecular flexibility index (Phi) is 4.86. The number of rotatable bonds is 4. The van der Waals surface area contributed by atoms with Crippen LogP contribution in [0, 0.1) is 11.8 Å². The van der Waals surface area contributed by atoms with E-state index in [2.05, 4.69) is 39.6 Å². The van der Waals surface area contributed by atoms with Gasteiger partial charge in [-0.3, -0.25) is 0 Å². The van der Waals surface area contributed by atoms with Gasteiger partial charge in [0.05, 0.1) is 3.79 Å². The van der Waals surface area contributed by atoms with Crippen LogP contribution in [0.15, 0.2) is 15.2 Å². The molecule has 1 saturated carbocycles.